The van der Waals surface area contributed by atoms with Gasteiger partial charge in [-0.2, -0.15) is 5.10 Å². The molecule has 2 aliphatic heterocycles. The van der Waals surface area contributed by atoms with E-state index < -0.39 is 0 Å². The summed E-state index contributed by atoms with van der Waals surface area (Å²) in [5, 5.41) is 7.63. The van der Waals surface area contributed by atoms with Crippen molar-refractivity contribution in [2.75, 3.05) is 37.6 Å². The summed E-state index contributed by atoms with van der Waals surface area (Å²) < 4.78 is 1.82. The lowest BCUT2D eigenvalue weighted by Crippen LogP contribution is -2.52. The molecule has 3 rings (SSSR count). The molecular formula is C15H26ClN5O. The highest BCUT2D eigenvalue weighted by Gasteiger charge is 2.30. The van der Waals surface area contributed by atoms with Crippen molar-refractivity contribution in [1.82, 2.24) is 20.0 Å². The van der Waals surface area contributed by atoms with Gasteiger partial charge in [0.25, 0.3) is 0 Å². The Balaban J connectivity index is 0.00000176. The summed E-state index contributed by atoms with van der Waals surface area (Å²) in [7, 11) is 1.93. The number of carbonyl (C=O) groups excluding carboxylic acids is 1. The summed E-state index contributed by atoms with van der Waals surface area (Å²) in [5.74, 6) is 0.570. The SMILES string of the molecule is C[C@H]1C[C@@H](C(=O)N2CCN(c3cnn(C)c3)CC2)CCN1.Cl. The van der Waals surface area contributed by atoms with E-state index in [-0.39, 0.29) is 18.3 Å². The Morgan fingerprint density at radius 3 is 2.64 bits per heavy atom. The van der Waals surface area contributed by atoms with Gasteiger partial charge in [0.15, 0.2) is 0 Å². The first-order valence-electron chi connectivity index (χ1n) is 7.89. The summed E-state index contributed by atoms with van der Waals surface area (Å²) in [4.78, 5) is 17.0. The smallest absolute Gasteiger partial charge is 0.225 e. The molecule has 7 heteroatoms. The number of halogens is 1. The number of carbonyl (C=O) groups is 1. The predicted molar refractivity (Wildman–Crippen MR) is 89.4 cm³/mol. The second-order valence-electron chi connectivity index (χ2n) is 6.26. The van der Waals surface area contributed by atoms with Crippen molar-refractivity contribution in [3.05, 3.63) is 12.4 Å². The highest BCUT2D eigenvalue weighted by atomic mass is 35.5. The number of piperazine rings is 1. The molecule has 3 heterocycles. The lowest BCUT2D eigenvalue weighted by atomic mass is 9.92. The average Bonchev–Trinajstić information content (AvgIpc) is 2.93. The van der Waals surface area contributed by atoms with Crippen molar-refractivity contribution in [2.24, 2.45) is 13.0 Å². The molecule has 1 aromatic heterocycles. The van der Waals surface area contributed by atoms with E-state index >= 15 is 0 Å². The van der Waals surface area contributed by atoms with Gasteiger partial charge in [0.1, 0.15) is 0 Å². The molecule has 0 unspecified atom stereocenters. The van der Waals surface area contributed by atoms with E-state index in [0.29, 0.717) is 11.9 Å². The van der Waals surface area contributed by atoms with Crippen LogP contribution in [0.25, 0.3) is 0 Å². The fraction of sp³-hybridized carbons (Fsp3) is 0.733. The minimum absolute atomic E-state index is 0. The first-order valence-corrected chi connectivity index (χ1v) is 7.89. The number of hydrogen-bond acceptors (Lipinski definition) is 4. The van der Waals surface area contributed by atoms with Gasteiger partial charge in [-0.1, -0.05) is 0 Å². The molecule has 2 atom stereocenters. The predicted octanol–water partition coefficient (Wildman–Crippen LogP) is 0.879. The number of rotatable bonds is 2. The van der Waals surface area contributed by atoms with Crippen molar-refractivity contribution in [3.63, 3.8) is 0 Å². The normalized spacial score (nSPS) is 25.7. The van der Waals surface area contributed by atoms with Crippen LogP contribution in [0.4, 0.5) is 5.69 Å². The molecule has 0 bridgehead atoms. The van der Waals surface area contributed by atoms with Crippen molar-refractivity contribution in [3.8, 4) is 0 Å². The number of aryl methyl sites for hydroxylation is 1. The summed E-state index contributed by atoms with van der Waals surface area (Å²) in [6.07, 6.45) is 5.88. The number of nitrogens with one attached hydrogen (secondary N) is 1. The summed E-state index contributed by atoms with van der Waals surface area (Å²) in [5.41, 5.74) is 1.15. The number of piperidine rings is 1. The number of anilines is 1. The third kappa shape index (κ3) is 3.73. The number of hydrogen-bond donors (Lipinski definition) is 1. The van der Waals surface area contributed by atoms with Gasteiger partial charge < -0.3 is 15.1 Å². The Morgan fingerprint density at radius 1 is 1.32 bits per heavy atom. The third-order valence-corrected chi connectivity index (χ3v) is 4.62. The van der Waals surface area contributed by atoms with Crippen LogP contribution >= 0.6 is 12.4 Å². The highest BCUT2D eigenvalue weighted by Crippen LogP contribution is 2.21. The van der Waals surface area contributed by atoms with E-state index in [4.69, 9.17) is 0 Å². The van der Waals surface area contributed by atoms with Gasteiger partial charge >= 0.3 is 0 Å². The van der Waals surface area contributed by atoms with Crippen molar-refractivity contribution >= 4 is 24.0 Å². The molecule has 0 aliphatic carbocycles. The van der Waals surface area contributed by atoms with E-state index in [0.717, 1.165) is 51.3 Å². The second kappa shape index (κ2) is 7.33. The maximum Gasteiger partial charge on any atom is 0.225 e. The Kier molecular flexibility index (Phi) is 5.69. The van der Waals surface area contributed by atoms with Gasteiger partial charge in [0, 0.05) is 51.4 Å². The van der Waals surface area contributed by atoms with Gasteiger partial charge in [-0.15, -0.1) is 12.4 Å². The first-order chi connectivity index (χ1) is 10.1. The number of amides is 1. The Morgan fingerprint density at radius 2 is 2.05 bits per heavy atom. The van der Waals surface area contributed by atoms with Crippen molar-refractivity contribution < 1.29 is 4.79 Å². The zero-order valence-electron chi connectivity index (χ0n) is 13.4. The van der Waals surface area contributed by atoms with Crippen molar-refractivity contribution in [2.45, 2.75) is 25.8 Å². The molecule has 124 valence electrons. The molecule has 1 aromatic rings. The quantitative estimate of drug-likeness (QED) is 0.876. The van der Waals surface area contributed by atoms with Crippen LogP contribution in [0.15, 0.2) is 12.4 Å². The van der Waals surface area contributed by atoms with Gasteiger partial charge in [0.05, 0.1) is 11.9 Å². The molecule has 1 N–H and O–H groups in total. The summed E-state index contributed by atoms with van der Waals surface area (Å²) >= 11 is 0. The Bertz CT molecular complexity index is 498. The van der Waals surface area contributed by atoms with Gasteiger partial charge in [0.2, 0.25) is 5.91 Å². The van der Waals surface area contributed by atoms with Gasteiger partial charge in [-0.05, 0) is 26.3 Å². The van der Waals surface area contributed by atoms with Gasteiger partial charge in [-0.3, -0.25) is 9.48 Å². The number of nitrogens with zero attached hydrogens (tertiary/aromatic N) is 4. The van der Waals surface area contributed by atoms with Crippen LogP contribution in [-0.4, -0.2) is 59.4 Å². The van der Waals surface area contributed by atoms with Gasteiger partial charge in [-0.25, -0.2) is 0 Å². The van der Waals surface area contributed by atoms with Crippen LogP contribution in [-0.2, 0) is 11.8 Å². The van der Waals surface area contributed by atoms with Crippen LogP contribution in [0.2, 0.25) is 0 Å². The molecule has 2 fully saturated rings. The molecule has 0 aromatic carbocycles. The molecule has 22 heavy (non-hydrogen) atoms. The highest BCUT2D eigenvalue weighted by molar-refractivity contribution is 5.85. The van der Waals surface area contributed by atoms with E-state index in [2.05, 4.69) is 27.1 Å². The molecule has 1 amide bonds. The average molecular weight is 328 g/mol. The fourth-order valence-electron chi connectivity index (χ4n) is 3.37. The maximum absolute atomic E-state index is 12.6. The third-order valence-electron chi connectivity index (χ3n) is 4.62. The number of aromatic nitrogens is 2. The zero-order valence-corrected chi connectivity index (χ0v) is 14.2. The minimum atomic E-state index is 0. The zero-order chi connectivity index (χ0) is 14.8. The topological polar surface area (TPSA) is 53.4 Å². The first kappa shape index (κ1) is 17.1. The van der Waals surface area contributed by atoms with E-state index in [1.54, 1.807) is 0 Å². The molecule has 2 saturated heterocycles. The van der Waals surface area contributed by atoms with Crippen LogP contribution in [0.3, 0.4) is 0 Å². The lowest BCUT2D eigenvalue weighted by molar-refractivity contribution is -0.137. The molecule has 0 radical (unpaired) electrons. The summed E-state index contributed by atoms with van der Waals surface area (Å²) in [6.45, 7) is 6.58. The maximum atomic E-state index is 12.6. The molecule has 0 saturated carbocycles. The molecule has 2 aliphatic rings. The van der Waals surface area contributed by atoms with Crippen LogP contribution in [0.5, 0.6) is 0 Å². The van der Waals surface area contributed by atoms with Crippen LogP contribution < -0.4 is 10.2 Å². The van der Waals surface area contributed by atoms with E-state index in [1.807, 2.05) is 24.1 Å². The minimum Gasteiger partial charge on any atom is -0.365 e. The van der Waals surface area contributed by atoms with Crippen LogP contribution in [0.1, 0.15) is 19.8 Å². The molecule has 0 spiro atoms. The van der Waals surface area contributed by atoms with E-state index in [1.165, 1.54) is 0 Å². The largest absolute Gasteiger partial charge is 0.365 e. The Labute approximate surface area is 138 Å². The second-order valence-corrected chi connectivity index (χ2v) is 6.26. The van der Waals surface area contributed by atoms with Crippen LogP contribution in [0, 0.1) is 5.92 Å². The van der Waals surface area contributed by atoms with Crippen molar-refractivity contribution in [1.29, 1.82) is 0 Å². The summed E-state index contributed by atoms with van der Waals surface area (Å²) in [6, 6.07) is 0.462. The Hall–Kier alpha value is -1.27. The van der Waals surface area contributed by atoms with E-state index in [9.17, 15) is 4.79 Å². The molecular weight excluding hydrogens is 302 g/mol. The monoisotopic (exact) mass is 327 g/mol. The molecule has 6 nitrogen and oxygen atoms in total. The lowest BCUT2D eigenvalue weighted by Gasteiger charge is -2.38. The fourth-order valence-corrected chi connectivity index (χ4v) is 3.37. The standard InChI is InChI=1S/C15H25N5O.ClH/c1-12-9-13(3-4-16-12)15(21)20-7-5-19(6-8-20)14-10-17-18(2)11-14;/h10-13,16H,3-9H2,1-2H3;1H/t12-,13-;/m0./s1.